The number of esters is 1. The predicted octanol–water partition coefficient (Wildman–Crippen LogP) is 1.15. The Morgan fingerprint density at radius 1 is 1.50 bits per heavy atom. The van der Waals surface area contributed by atoms with Crippen LogP contribution in [0.5, 0.6) is 0 Å². The Labute approximate surface area is 65.3 Å². The molecular formula is C6H11ClO3. The molecule has 0 aliphatic rings. The molecule has 4 heteroatoms. The van der Waals surface area contributed by atoms with Crippen molar-refractivity contribution in [2.24, 2.45) is 0 Å². The first-order valence-electron chi connectivity index (χ1n) is 3.10. The van der Waals surface area contributed by atoms with Gasteiger partial charge < -0.3 is 9.47 Å². The second kappa shape index (κ2) is 6.83. The molecular weight excluding hydrogens is 156 g/mol. The van der Waals surface area contributed by atoms with Crippen molar-refractivity contribution in [2.45, 2.75) is 13.3 Å². The highest BCUT2D eigenvalue weighted by molar-refractivity contribution is 6.17. The van der Waals surface area contributed by atoms with Crippen LogP contribution >= 0.6 is 11.6 Å². The molecule has 0 amide bonds. The zero-order chi connectivity index (χ0) is 7.82. The summed E-state index contributed by atoms with van der Waals surface area (Å²) in [4.78, 5) is 10.5. The lowest BCUT2D eigenvalue weighted by Crippen LogP contribution is -2.08. The number of alkyl halides is 1. The van der Waals surface area contributed by atoms with Crippen molar-refractivity contribution >= 4 is 17.6 Å². The molecule has 0 aromatic rings. The zero-order valence-electron chi connectivity index (χ0n) is 5.93. The first kappa shape index (κ1) is 9.72. The minimum Gasteiger partial charge on any atom is -0.463 e. The summed E-state index contributed by atoms with van der Waals surface area (Å²) in [5.41, 5.74) is 0. The first-order chi connectivity index (χ1) is 4.81. The SMILES string of the molecule is CCC(=O)OCCOCCl. The molecule has 0 saturated carbocycles. The molecule has 60 valence electrons. The number of halogens is 1. The van der Waals surface area contributed by atoms with E-state index in [2.05, 4.69) is 4.74 Å². The Morgan fingerprint density at radius 2 is 2.20 bits per heavy atom. The standard InChI is InChI=1S/C6H11ClO3/c1-2-6(8)10-4-3-9-5-7/h2-5H2,1H3. The van der Waals surface area contributed by atoms with E-state index < -0.39 is 0 Å². The number of hydrogen-bond donors (Lipinski definition) is 0. The Morgan fingerprint density at radius 3 is 2.70 bits per heavy atom. The number of carbonyl (C=O) groups is 1. The smallest absolute Gasteiger partial charge is 0.305 e. The van der Waals surface area contributed by atoms with E-state index in [0.717, 1.165) is 0 Å². The van der Waals surface area contributed by atoms with E-state index in [9.17, 15) is 4.79 Å². The predicted molar refractivity (Wildman–Crippen MR) is 37.9 cm³/mol. The van der Waals surface area contributed by atoms with Crippen molar-refractivity contribution in [1.82, 2.24) is 0 Å². The van der Waals surface area contributed by atoms with Crippen LogP contribution < -0.4 is 0 Å². The lowest BCUT2D eigenvalue weighted by molar-refractivity contribution is -0.144. The monoisotopic (exact) mass is 166 g/mol. The normalized spacial score (nSPS) is 9.40. The second-order valence-corrected chi connectivity index (χ2v) is 1.81. The van der Waals surface area contributed by atoms with Crippen LogP contribution in [0.3, 0.4) is 0 Å². The van der Waals surface area contributed by atoms with Gasteiger partial charge in [0.1, 0.15) is 12.7 Å². The molecule has 0 aliphatic heterocycles. The zero-order valence-corrected chi connectivity index (χ0v) is 6.69. The van der Waals surface area contributed by atoms with Crippen LogP contribution in [0.1, 0.15) is 13.3 Å². The Balaban J connectivity index is 2.96. The van der Waals surface area contributed by atoms with Gasteiger partial charge >= 0.3 is 5.97 Å². The summed E-state index contributed by atoms with van der Waals surface area (Å²) in [6.45, 7) is 2.40. The minimum atomic E-state index is -0.210. The Kier molecular flexibility index (Phi) is 6.64. The van der Waals surface area contributed by atoms with Crippen LogP contribution in [0.4, 0.5) is 0 Å². The highest BCUT2D eigenvalue weighted by atomic mass is 35.5. The lowest BCUT2D eigenvalue weighted by atomic mass is 10.5. The Hall–Kier alpha value is -0.280. The quantitative estimate of drug-likeness (QED) is 0.349. The molecule has 0 aliphatic carbocycles. The molecule has 0 N–H and O–H groups in total. The molecule has 0 saturated heterocycles. The van der Waals surface area contributed by atoms with Crippen molar-refractivity contribution in [3.8, 4) is 0 Å². The number of hydrogen-bond acceptors (Lipinski definition) is 3. The van der Waals surface area contributed by atoms with Crippen molar-refractivity contribution in [2.75, 3.05) is 19.3 Å². The van der Waals surface area contributed by atoms with Crippen LogP contribution in [0.25, 0.3) is 0 Å². The van der Waals surface area contributed by atoms with E-state index in [1.807, 2.05) is 0 Å². The molecule has 0 heterocycles. The van der Waals surface area contributed by atoms with E-state index in [4.69, 9.17) is 16.3 Å². The molecule has 0 aromatic heterocycles. The van der Waals surface area contributed by atoms with Gasteiger partial charge in [0.15, 0.2) is 0 Å². The number of ether oxygens (including phenoxy) is 2. The molecule has 10 heavy (non-hydrogen) atoms. The maximum atomic E-state index is 10.5. The first-order valence-corrected chi connectivity index (χ1v) is 3.64. The van der Waals surface area contributed by atoms with E-state index in [1.54, 1.807) is 6.92 Å². The number of carbonyl (C=O) groups excluding carboxylic acids is 1. The molecule has 0 atom stereocenters. The maximum absolute atomic E-state index is 10.5. The molecule has 0 aromatic carbocycles. The van der Waals surface area contributed by atoms with Crippen molar-refractivity contribution in [1.29, 1.82) is 0 Å². The van der Waals surface area contributed by atoms with Gasteiger partial charge in [0.05, 0.1) is 6.61 Å². The third-order valence-corrected chi connectivity index (χ3v) is 1.01. The molecule has 0 unspecified atom stereocenters. The van der Waals surface area contributed by atoms with Gasteiger partial charge in [0.2, 0.25) is 0 Å². The van der Waals surface area contributed by atoms with Crippen molar-refractivity contribution < 1.29 is 14.3 Å². The third kappa shape index (κ3) is 5.85. The average Bonchev–Trinajstić information content (AvgIpc) is 1.98. The van der Waals surface area contributed by atoms with Gasteiger partial charge in [0, 0.05) is 6.42 Å². The summed E-state index contributed by atoms with van der Waals surface area (Å²) in [5, 5.41) is 0. The summed E-state index contributed by atoms with van der Waals surface area (Å²) in [5.74, 6) is -0.210. The van der Waals surface area contributed by atoms with E-state index >= 15 is 0 Å². The number of rotatable bonds is 5. The van der Waals surface area contributed by atoms with Gasteiger partial charge in [-0.25, -0.2) is 0 Å². The molecule has 0 rings (SSSR count). The van der Waals surface area contributed by atoms with Gasteiger partial charge in [0.25, 0.3) is 0 Å². The molecule has 0 bridgehead atoms. The van der Waals surface area contributed by atoms with Gasteiger partial charge in [-0.3, -0.25) is 4.79 Å². The highest BCUT2D eigenvalue weighted by Crippen LogP contribution is 1.85. The minimum absolute atomic E-state index is 0.143. The van der Waals surface area contributed by atoms with Crippen LogP contribution in [-0.2, 0) is 14.3 Å². The fraction of sp³-hybridized carbons (Fsp3) is 0.833. The molecule has 0 fully saturated rings. The summed E-state index contributed by atoms with van der Waals surface area (Å²) >= 11 is 5.19. The molecule has 3 nitrogen and oxygen atoms in total. The summed E-state index contributed by atoms with van der Waals surface area (Å²) in [6, 6.07) is 0.143. The Bertz CT molecular complexity index is 95.0. The maximum Gasteiger partial charge on any atom is 0.305 e. The second-order valence-electron chi connectivity index (χ2n) is 1.59. The van der Waals surface area contributed by atoms with Crippen LogP contribution in [0, 0.1) is 0 Å². The summed E-state index contributed by atoms with van der Waals surface area (Å²) in [6.07, 6.45) is 0.404. The van der Waals surface area contributed by atoms with Crippen molar-refractivity contribution in [3.63, 3.8) is 0 Å². The van der Waals surface area contributed by atoms with Gasteiger partial charge in [-0.1, -0.05) is 18.5 Å². The molecule has 0 radical (unpaired) electrons. The fourth-order valence-corrected chi connectivity index (χ4v) is 0.480. The van der Waals surface area contributed by atoms with E-state index in [1.165, 1.54) is 0 Å². The van der Waals surface area contributed by atoms with Crippen LogP contribution in [0.2, 0.25) is 0 Å². The fourth-order valence-electron chi connectivity index (χ4n) is 0.371. The topological polar surface area (TPSA) is 35.5 Å². The van der Waals surface area contributed by atoms with E-state index in [-0.39, 0.29) is 12.0 Å². The van der Waals surface area contributed by atoms with Crippen molar-refractivity contribution in [3.05, 3.63) is 0 Å². The highest BCUT2D eigenvalue weighted by Gasteiger charge is 1.95. The van der Waals surface area contributed by atoms with E-state index in [0.29, 0.717) is 19.6 Å². The molecule has 0 spiro atoms. The van der Waals surface area contributed by atoms with Crippen LogP contribution in [0.15, 0.2) is 0 Å². The summed E-state index contributed by atoms with van der Waals surface area (Å²) < 4.78 is 9.39. The van der Waals surface area contributed by atoms with Crippen LogP contribution in [-0.4, -0.2) is 25.2 Å². The van der Waals surface area contributed by atoms with Gasteiger partial charge in [-0.15, -0.1) is 0 Å². The largest absolute Gasteiger partial charge is 0.463 e. The summed E-state index contributed by atoms with van der Waals surface area (Å²) in [7, 11) is 0. The van der Waals surface area contributed by atoms with Gasteiger partial charge in [-0.2, -0.15) is 0 Å². The lowest BCUT2D eigenvalue weighted by Gasteiger charge is -2.01. The van der Waals surface area contributed by atoms with Gasteiger partial charge in [-0.05, 0) is 0 Å². The average molecular weight is 167 g/mol. The third-order valence-electron chi connectivity index (χ3n) is 0.857.